The number of aliphatic hydroxyl groups is 1. The van der Waals surface area contributed by atoms with Gasteiger partial charge in [-0.25, -0.2) is 13.4 Å². The van der Waals surface area contributed by atoms with Gasteiger partial charge in [0.05, 0.1) is 35.4 Å². The zero-order chi connectivity index (χ0) is 27.6. The van der Waals surface area contributed by atoms with Gasteiger partial charge in [0.2, 0.25) is 16.0 Å². The summed E-state index contributed by atoms with van der Waals surface area (Å²) in [7, 11) is -3.62. The summed E-state index contributed by atoms with van der Waals surface area (Å²) in [5, 5.41) is 12.0. The van der Waals surface area contributed by atoms with E-state index in [1.807, 2.05) is 13.8 Å². The fourth-order valence-corrected chi connectivity index (χ4v) is 6.47. The lowest BCUT2D eigenvalue weighted by Gasteiger charge is -2.35. The van der Waals surface area contributed by atoms with E-state index >= 15 is 0 Å². The third kappa shape index (κ3) is 6.79. The molecular weight excluding hydrogens is 520 g/mol. The minimum absolute atomic E-state index is 0.0716. The highest BCUT2D eigenvalue weighted by molar-refractivity contribution is 7.92. The Bertz CT molecular complexity index is 1310. The van der Waals surface area contributed by atoms with Gasteiger partial charge in [-0.15, -0.1) is 0 Å². The number of aliphatic hydroxyl groups excluding tert-OH is 1. The van der Waals surface area contributed by atoms with Crippen LogP contribution in [-0.2, 0) is 14.8 Å². The number of morpholine rings is 1. The minimum atomic E-state index is -3.62. The van der Waals surface area contributed by atoms with Crippen molar-refractivity contribution >= 4 is 39.1 Å². The molecule has 11 nitrogen and oxygen atoms in total. The Labute approximate surface area is 230 Å². The maximum atomic E-state index is 13.6. The molecule has 3 fully saturated rings. The Morgan fingerprint density at radius 2 is 1.90 bits per heavy atom. The average Bonchev–Trinajstić information content (AvgIpc) is 3.66. The van der Waals surface area contributed by atoms with Gasteiger partial charge < -0.3 is 25.0 Å². The number of piperidine rings is 1. The predicted octanol–water partition coefficient (Wildman–Crippen LogP) is 2.77. The molecule has 1 atom stereocenters. The highest BCUT2D eigenvalue weighted by Crippen LogP contribution is 2.54. The highest BCUT2D eigenvalue weighted by atomic mass is 32.2. The summed E-state index contributed by atoms with van der Waals surface area (Å²) in [5.74, 6) is 0.478. The van der Waals surface area contributed by atoms with Crippen LogP contribution in [0.25, 0.3) is 0 Å². The molecule has 0 bridgehead atoms. The quantitative estimate of drug-likeness (QED) is 0.424. The topological polar surface area (TPSA) is 137 Å². The lowest BCUT2D eigenvalue weighted by atomic mass is 9.93. The first kappa shape index (κ1) is 27.6. The molecule has 212 valence electrons. The zero-order valence-electron chi connectivity index (χ0n) is 22.6. The number of amides is 1. The second kappa shape index (κ2) is 11.3. The van der Waals surface area contributed by atoms with E-state index in [-0.39, 0.29) is 30.8 Å². The summed E-state index contributed by atoms with van der Waals surface area (Å²) in [5.41, 5.74) is 2.74. The second-order valence-corrected chi connectivity index (χ2v) is 12.8. The van der Waals surface area contributed by atoms with Crippen LogP contribution in [-0.4, -0.2) is 80.6 Å². The van der Waals surface area contributed by atoms with Gasteiger partial charge in [-0.2, -0.15) is 4.98 Å². The normalized spacial score (nSPS) is 20.6. The monoisotopic (exact) mass is 558 g/mol. The Balaban J connectivity index is 1.39. The molecule has 2 saturated heterocycles. The van der Waals surface area contributed by atoms with Crippen molar-refractivity contribution in [2.75, 3.05) is 65.0 Å². The first-order valence-electron chi connectivity index (χ1n) is 13.7. The van der Waals surface area contributed by atoms with E-state index < -0.39 is 10.0 Å². The molecule has 3 heterocycles. The fraction of sp³-hybridized carbons (Fsp3) is 0.593. The van der Waals surface area contributed by atoms with E-state index in [0.717, 1.165) is 31.6 Å². The number of carbonyl (C=O) groups excluding carboxylic acids is 1. The number of carbonyl (C=O) groups is 1. The minimum Gasteiger partial charge on any atom is -0.396 e. The van der Waals surface area contributed by atoms with E-state index in [9.17, 15) is 13.2 Å². The lowest BCUT2D eigenvalue weighted by molar-refractivity contribution is 0.0526. The largest absolute Gasteiger partial charge is 0.396 e. The molecule has 1 saturated carbocycles. The Kier molecular flexibility index (Phi) is 7.97. The van der Waals surface area contributed by atoms with E-state index in [0.29, 0.717) is 53.8 Å². The number of rotatable bonds is 9. The maximum Gasteiger partial charge on any atom is 0.258 e. The maximum absolute atomic E-state index is 13.6. The molecule has 3 N–H and O–H groups in total. The van der Waals surface area contributed by atoms with Crippen molar-refractivity contribution in [3.63, 3.8) is 0 Å². The molecule has 3 aliphatic rings. The van der Waals surface area contributed by atoms with Crippen molar-refractivity contribution in [3.05, 3.63) is 35.5 Å². The zero-order valence-corrected chi connectivity index (χ0v) is 23.5. The van der Waals surface area contributed by atoms with Gasteiger partial charge in [-0.1, -0.05) is 0 Å². The van der Waals surface area contributed by atoms with Crippen LogP contribution in [0.2, 0.25) is 0 Å². The van der Waals surface area contributed by atoms with Gasteiger partial charge >= 0.3 is 0 Å². The van der Waals surface area contributed by atoms with Crippen LogP contribution in [0.3, 0.4) is 0 Å². The summed E-state index contributed by atoms with van der Waals surface area (Å²) in [6.45, 7) is 7.25. The molecule has 1 aromatic carbocycles. The van der Waals surface area contributed by atoms with E-state index in [2.05, 4.69) is 29.8 Å². The SMILES string of the molecule is Cc1cc(NC(=O)c2ccc(NS(=O)(=O)CCCO)cc2N2CCC3(CC2)CC3)nc(N2CCO[C@H](C)C2)n1. The van der Waals surface area contributed by atoms with Crippen molar-refractivity contribution in [1.29, 1.82) is 0 Å². The van der Waals surface area contributed by atoms with Crippen LogP contribution >= 0.6 is 0 Å². The average molecular weight is 559 g/mol. The summed E-state index contributed by atoms with van der Waals surface area (Å²) >= 11 is 0. The molecule has 1 amide bonds. The predicted molar refractivity (Wildman–Crippen MR) is 151 cm³/mol. The number of hydrogen-bond donors (Lipinski definition) is 3. The number of aromatic nitrogens is 2. The second-order valence-electron chi connectivity index (χ2n) is 11.0. The van der Waals surface area contributed by atoms with Crippen molar-refractivity contribution in [2.45, 2.75) is 52.1 Å². The van der Waals surface area contributed by atoms with Gasteiger partial charge in [-0.05, 0) is 69.6 Å². The molecular formula is C27H38N6O5S. The van der Waals surface area contributed by atoms with Crippen molar-refractivity contribution < 1.29 is 23.1 Å². The number of sulfonamides is 1. The van der Waals surface area contributed by atoms with Crippen molar-refractivity contribution in [1.82, 2.24) is 9.97 Å². The number of aryl methyl sites for hydroxylation is 1. The standard InChI is InChI=1S/C27H38N6O5S/c1-19-16-24(30-26(28-19)33-12-14-38-20(2)18-33)29-25(35)22-5-4-21(31-39(36,37)15-3-13-34)17-23(22)32-10-8-27(6-7-27)9-11-32/h4-5,16-17,20,31,34H,3,6-15,18H2,1-2H3,(H,28,29,30,35)/t20-/m1/s1. The molecule has 0 radical (unpaired) electrons. The number of nitrogens with zero attached hydrogens (tertiary/aromatic N) is 4. The summed E-state index contributed by atoms with van der Waals surface area (Å²) in [6, 6.07) is 6.75. The number of anilines is 4. The van der Waals surface area contributed by atoms with Crippen LogP contribution in [0.15, 0.2) is 24.3 Å². The van der Waals surface area contributed by atoms with Crippen LogP contribution < -0.4 is 19.8 Å². The molecule has 2 aliphatic heterocycles. The Hall–Kier alpha value is -2.96. The number of hydrogen-bond acceptors (Lipinski definition) is 9. The molecule has 5 rings (SSSR count). The Morgan fingerprint density at radius 1 is 1.13 bits per heavy atom. The van der Waals surface area contributed by atoms with Crippen molar-refractivity contribution in [2.24, 2.45) is 5.41 Å². The van der Waals surface area contributed by atoms with Gasteiger partial charge in [0.1, 0.15) is 5.82 Å². The molecule has 1 aliphatic carbocycles. The van der Waals surface area contributed by atoms with Crippen LogP contribution in [0.4, 0.5) is 23.1 Å². The number of nitrogens with one attached hydrogen (secondary N) is 2. The molecule has 0 unspecified atom stereocenters. The van der Waals surface area contributed by atoms with Gasteiger partial charge in [0.25, 0.3) is 5.91 Å². The smallest absolute Gasteiger partial charge is 0.258 e. The van der Waals surface area contributed by atoms with E-state index in [1.165, 1.54) is 12.8 Å². The molecule has 12 heteroatoms. The first-order valence-corrected chi connectivity index (χ1v) is 15.3. The summed E-state index contributed by atoms with van der Waals surface area (Å²) in [6.07, 6.45) is 4.87. The fourth-order valence-electron chi connectivity index (χ4n) is 5.37. The number of benzene rings is 1. The Morgan fingerprint density at radius 3 is 2.59 bits per heavy atom. The van der Waals surface area contributed by atoms with Gasteiger partial charge in [0, 0.05) is 44.5 Å². The highest BCUT2D eigenvalue weighted by Gasteiger charge is 2.44. The molecule has 39 heavy (non-hydrogen) atoms. The number of ether oxygens (including phenoxy) is 1. The lowest BCUT2D eigenvalue weighted by Crippen LogP contribution is -2.42. The van der Waals surface area contributed by atoms with Crippen LogP contribution in [0.1, 0.15) is 55.1 Å². The molecule has 1 aromatic heterocycles. The van der Waals surface area contributed by atoms with Crippen LogP contribution in [0.5, 0.6) is 0 Å². The van der Waals surface area contributed by atoms with E-state index in [1.54, 1.807) is 24.3 Å². The third-order valence-electron chi connectivity index (χ3n) is 7.82. The first-order chi connectivity index (χ1) is 18.7. The van der Waals surface area contributed by atoms with Crippen LogP contribution in [0, 0.1) is 12.3 Å². The summed E-state index contributed by atoms with van der Waals surface area (Å²) < 4.78 is 33.2. The van der Waals surface area contributed by atoms with Gasteiger partial charge in [0.15, 0.2) is 0 Å². The third-order valence-corrected chi connectivity index (χ3v) is 9.19. The molecule has 1 spiro atoms. The summed E-state index contributed by atoms with van der Waals surface area (Å²) in [4.78, 5) is 27.0. The van der Waals surface area contributed by atoms with Crippen molar-refractivity contribution in [3.8, 4) is 0 Å². The van der Waals surface area contributed by atoms with E-state index in [4.69, 9.17) is 9.84 Å². The van der Waals surface area contributed by atoms with Gasteiger partial charge in [-0.3, -0.25) is 9.52 Å². The molecule has 2 aromatic rings.